The Morgan fingerprint density at radius 2 is 1.95 bits per heavy atom. The molecule has 0 bridgehead atoms. The van der Waals surface area contributed by atoms with E-state index in [1.54, 1.807) is 25.1 Å². The van der Waals surface area contributed by atoms with Gasteiger partial charge >= 0.3 is 6.18 Å². The summed E-state index contributed by atoms with van der Waals surface area (Å²) in [5.41, 5.74) is 6.31. The van der Waals surface area contributed by atoms with Crippen molar-refractivity contribution in [3.8, 4) is 0 Å². The number of aliphatic imine (C=N–C) groups is 1. The summed E-state index contributed by atoms with van der Waals surface area (Å²) >= 11 is 11.8. The topological polar surface area (TPSA) is 50.4 Å². The van der Waals surface area contributed by atoms with Crippen molar-refractivity contribution in [2.75, 3.05) is 6.54 Å². The van der Waals surface area contributed by atoms with Crippen LogP contribution in [-0.2, 0) is 0 Å². The second kappa shape index (κ2) is 7.22. The standard InChI is InChI=1S/C13H16Cl2F3N3/c1-7(13(16,17)18)6-20-12(19)21-8(2)10-4-3-9(14)5-11(10)15/h3-5,7-8H,6H2,1-2H3,(H3,19,20,21). The van der Waals surface area contributed by atoms with E-state index in [0.717, 1.165) is 12.5 Å². The van der Waals surface area contributed by atoms with Gasteiger partial charge in [0.1, 0.15) is 0 Å². The fraction of sp³-hybridized carbons (Fsp3) is 0.462. The lowest BCUT2D eigenvalue weighted by Gasteiger charge is -2.17. The van der Waals surface area contributed by atoms with Crippen LogP contribution in [0.2, 0.25) is 10.0 Å². The fourth-order valence-corrected chi connectivity index (χ4v) is 2.11. The Kier molecular flexibility index (Phi) is 6.16. The van der Waals surface area contributed by atoms with Crippen LogP contribution in [0.3, 0.4) is 0 Å². The second-order valence-corrected chi connectivity index (χ2v) is 5.54. The van der Waals surface area contributed by atoms with Gasteiger partial charge in [0.15, 0.2) is 5.96 Å². The van der Waals surface area contributed by atoms with Gasteiger partial charge in [-0.1, -0.05) is 36.2 Å². The lowest BCUT2D eigenvalue weighted by atomic mass is 10.1. The highest BCUT2D eigenvalue weighted by Gasteiger charge is 2.35. The van der Waals surface area contributed by atoms with E-state index >= 15 is 0 Å². The zero-order chi connectivity index (χ0) is 16.2. The van der Waals surface area contributed by atoms with Gasteiger partial charge < -0.3 is 11.1 Å². The van der Waals surface area contributed by atoms with Gasteiger partial charge in [-0.3, -0.25) is 4.99 Å². The molecular formula is C13H16Cl2F3N3. The molecule has 0 saturated heterocycles. The highest BCUT2D eigenvalue weighted by molar-refractivity contribution is 6.35. The highest BCUT2D eigenvalue weighted by Crippen LogP contribution is 2.27. The SMILES string of the molecule is CC(NC(N)=NCC(C)C(F)(F)F)c1ccc(Cl)cc1Cl. The van der Waals surface area contributed by atoms with Crippen molar-refractivity contribution in [1.29, 1.82) is 0 Å². The van der Waals surface area contributed by atoms with Crippen molar-refractivity contribution in [2.45, 2.75) is 26.1 Å². The molecule has 2 atom stereocenters. The molecule has 2 unspecified atom stereocenters. The van der Waals surface area contributed by atoms with Crippen LogP contribution in [0.5, 0.6) is 0 Å². The van der Waals surface area contributed by atoms with E-state index in [1.165, 1.54) is 0 Å². The molecule has 3 N–H and O–H groups in total. The Morgan fingerprint density at radius 1 is 1.33 bits per heavy atom. The lowest BCUT2D eigenvalue weighted by molar-refractivity contribution is -0.166. The maximum atomic E-state index is 12.4. The first kappa shape index (κ1) is 17.9. The minimum Gasteiger partial charge on any atom is -0.370 e. The van der Waals surface area contributed by atoms with Crippen LogP contribution >= 0.6 is 23.2 Å². The van der Waals surface area contributed by atoms with Gasteiger partial charge in [-0.2, -0.15) is 13.2 Å². The van der Waals surface area contributed by atoms with Crippen molar-refractivity contribution in [3.05, 3.63) is 33.8 Å². The summed E-state index contributed by atoms with van der Waals surface area (Å²) < 4.78 is 37.1. The van der Waals surface area contributed by atoms with Gasteiger partial charge in [-0.25, -0.2) is 0 Å². The maximum Gasteiger partial charge on any atom is 0.393 e. The molecule has 8 heteroatoms. The van der Waals surface area contributed by atoms with Crippen LogP contribution in [0.15, 0.2) is 23.2 Å². The number of guanidine groups is 1. The van der Waals surface area contributed by atoms with Crippen LogP contribution in [-0.4, -0.2) is 18.7 Å². The molecule has 0 aliphatic heterocycles. The average Bonchev–Trinajstić information content (AvgIpc) is 2.34. The largest absolute Gasteiger partial charge is 0.393 e. The molecule has 0 radical (unpaired) electrons. The minimum absolute atomic E-state index is 0.0652. The van der Waals surface area contributed by atoms with E-state index in [-0.39, 0.29) is 12.0 Å². The molecule has 0 aliphatic carbocycles. The Balaban J connectivity index is 2.67. The molecule has 118 valence electrons. The van der Waals surface area contributed by atoms with E-state index in [2.05, 4.69) is 10.3 Å². The van der Waals surface area contributed by atoms with Gasteiger partial charge in [-0.05, 0) is 24.6 Å². The van der Waals surface area contributed by atoms with Gasteiger partial charge in [-0.15, -0.1) is 0 Å². The number of hydrogen-bond acceptors (Lipinski definition) is 1. The Labute approximate surface area is 131 Å². The second-order valence-electron chi connectivity index (χ2n) is 4.70. The first-order valence-corrected chi connectivity index (χ1v) is 6.95. The lowest BCUT2D eigenvalue weighted by Crippen LogP contribution is -2.35. The third-order valence-corrected chi connectivity index (χ3v) is 3.45. The number of hydrogen-bond donors (Lipinski definition) is 2. The van der Waals surface area contributed by atoms with E-state index in [4.69, 9.17) is 28.9 Å². The van der Waals surface area contributed by atoms with Crippen molar-refractivity contribution >= 4 is 29.2 Å². The smallest absolute Gasteiger partial charge is 0.370 e. The van der Waals surface area contributed by atoms with Crippen molar-refractivity contribution < 1.29 is 13.2 Å². The number of rotatable bonds is 4. The molecule has 0 amide bonds. The monoisotopic (exact) mass is 341 g/mol. The Hall–Kier alpha value is -1.14. The minimum atomic E-state index is -4.28. The van der Waals surface area contributed by atoms with Crippen LogP contribution in [0.4, 0.5) is 13.2 Å². The van der Waals surface area contributed by atoms with E-state index in [9.17, 15) is 13.2 Å². The van der Waals surface area contributed by atoms with Crippen LogP contribution in [0.1, 0.15) is 25.5 Å². The Bertz CT molecular complexity index is 518. The zero-order valence-electron chi connectivity index (χ0n) is 11.5. The fourth-order valence-electron chi connectivity index (χ4n) is 1.54. The quantitative estimate of drug-likeness (QED) is 0.638. The van der Waals surface area contributed by atoms with Crippen LogP contribution in [0, 0.1) is 5.92 Å². The number of nitrogens with one attached hydrogen (secondary N) is 1. The molecule has 1 aromatic carbocycles. The summed E-state index contributed by atoms with van der Waals surface area (Å²) in [6.07, 6.45) is -4.28. The van der Waals surface area contributed by atoms with Gasteiger partial charge in [0.25, 0.3) is 0 Å². The zero-order valence-corrected chi connectivity index (χ0v) is 13.0. The summed E-state index contributed by atoms with van der Waals surface area (Å²) in [7, 11) is 0. The van der Waals surface area contributed by atoms with Crippen molar-refractivity contribution in [3.63, 3.8) is 0 Å². The molecule has 0 spiro atoms. The number of benzene rings is 1. The molecule has 3 nitrogen and oxygen atoms in total. The molecule has 0 saturated carbocycles. The van der Waals surface area contributed by atoms with E-state index < -0.39 is 18.6 Å². The van der Waals surface area contributed by atoms with Gasteiger partial charge in [0.05, 0.1) is 18.5 Å². The molecule has 0 aromatic heterocycles. The normalized spacial score (nSPS) is 15.7. The molecule has 0 heterocycles. The van der Waals surface area contributed by atoms with E-state index in [0.29, 0.717) is 10.0 Å². The molecule has 1 rings (SSSR count). The predicted molar refractivity (Wildman–Crippen MR) is 79.7 cm³/mol. The number of halogens is 5. The summed E-state index contributed by atoms with van der Waals surface area (Å²) in [5.74, 6) is -1.61. The number of nitrogens with two attached hydrogens (primary N) is 1. The predicted octanol–water partition coefficient (Wildman–Crippen LogP) is 4.16. The summed E-state index contributed by atoms with van der Waals surface area (Å²) in [4.78, 5) is 3.70. The van der Waals surface area contributed by atoms with E-state index in [1.807, 2.05) is 0 Å². The summed E-state index contributed by atoms with van der Waals surface area (Å²) in [6, 6.07) is 4.66. The average molecular weight is 342 g/mol. The molecule has 21 heavy (non-hydrogen) atoms. The van der Waals surface area contributed by atoms with Crippen molar-refractivity contribution in [2.24, 2.45) is 16.6 Å². The first-order valence-electron chi connectivity index (χ1n) is 6.19. The Morgan fingerprint density at radius 3 is 2.48 bits per heavy atom. The summed E-state index contributed by atoms with van der Waals surface area (Å²) in [6.45, 7) is 2.39. The molecule has 0 fully saturated rings. The molecular weight excluding hydrogens is 326 g/mol. The maximum absolute atomic E-state index is 12.4. The van der Waals surface area contributed by atoms with Gasteiger partial charge in [0, 0.05) is 10.0 Å². The van der Waals surface area contributed by atoms with Gasteiger partial charge in [0.2, 0.25) is 0 Å². The third kappa shape index (κ3) is 5.63. The number of nitrogens with zero attached hydrogens (tertiary/aromatic N) is 1. The summed E-state index contributed by atoms with van der Waals surface area (Å²) in [5, 5.41) is 3.74. The third-order valence-electron chi connectivity index (χ3n) is 2.89. The van der Waals surface area contributed by atoms with Crippen LogP contribution in [0.25, 0.3) is 0 Å². The highest BCUT2D eigenvalue weighted by atomic mass is 35.5. The van der Waals surface area contributed by atoms with Crippen LogP contribution < -0.4 is 11.1 Å². The molecule has 0 aliphatic rings. The first-order chi connectivity index (χ1) is 9.61. The van der Waals surface area contributed by atoms with Crippen molar-refractivity contribution in [1.82, 2.24) is 5.32 Å². The molecule has 1 aromatic rings. The number of alkyl halides is 3.